The molecule has 4 nitrogen and oxygen atoms in total. The Kier molecular flexibility index (Phi) is 4.18. The molecule has 0 spiro atoms. The van der Waals surface area contributed by atoms with Crippen LogP contribution in [0.5, 0.6) is 0 Å². The summed E-state index contributed by atoms with van der Waals surface area (Å²) < 4.78 is 0. The van der Waals surface area contributed by atoms with E-state index in [4.69, 9.17) is 0 Å². The van der Waals surface area contributed by atoms with Crippen LogP contribution in [0.25, 0.3) is 16.5 Å². The summed E-state index contributed by atoms with van der Waals surface area (Å²) in [5.74, 6) is -0.207. The Morgan fingerprint density at radius 3 is 2.76 bits per heavy atom. The van der Waals surface area contributed by atoms with Crippen molar-refractivity contribution < 1.29 is 4.79 Å². The summed E-state index contributed by atoms with van der Waals surface area (Å²) in [5.41, 5.74) is 2.76. The highest BCUT2D eigenvalue weighted by Gasteiger charge is 2.02. The lowest BCUT2D eigenvalue weighted by Crippen LogP contribution is -2.07. The van der Waals surface area contributed by atoms with E-state index in [1.807, 2.05) is 24.3 Å². The minimum absolute atomic E-state index is 0.207. The van der Waals surface area contributed by atoms with Gasteiger partial charge in [0.1, 0.15) is 5.51 Å². The second kappa shape index (κ2) is 6.43. The Labute approximate surface area is 129 Å². The summed E-state index contributed by atoms with van der Waals surface area (Å²) in [6.07, 6.45) is 3.30. The Hall–Kier alpha value is -2.31. The number of nitrogens with one attached hydrogen (secondary N) is 1. The average molecular weight is 313 g/mol. The molecule has 6 heteroatoms. The molecule has 0 fully saturated rings. The molecule has 0 aliphatic heterocycles. The van der Waals surface area contributed by atoms with Crippen molar-refractivity contribution >= 4 is 39.8 Å². The van der Waals surface area contributed by atoms with Crippen LogP contribution in [0.1, 0.15) is 4.88 Å². The first-order chi connectivity index (χ1) is 10.3. The monoisotopic (exact) mass is 313 g/mol. The maximum absolute atomic E-state index is 11.7. The van der Waals surface area contributed by atoms with Gasteiger partial charge >= 0.3 is 0 Å². The van der Waals surface area contributed by atoms with Crippen molar-refractivity contribution in [3.8, 4) is 10.4 Å². The third kappa shape index (κ3) is 3.62. The van der Waals surface area contributed by atoms with E-state index in [0.717, 1.165) is 4.88 Å². The van der Waals surface area contributed by atoms with Crippen LogP contribution in [0.15, 0.2) is 54.1 Å². The number of thiophene rings is 1. The van der Waals surface area contributed by atoms with Crippen LogP contribution in [0, 0.1) is 0 Å². The maximum atomic E-state index is 11.7. The third-order valence-electron chi connectivity index (χ3n) is 2.67. The van der Waals surface area contributed by atoms with Gasteiger partial charge in [0.15, 0.2) is 0 Å². The Morgan fingerprint density at radius 1 is 1.14 bits per heavy atom. The molecule has 1 N–H and O–H groups in total. The van der Waals surface area contributed by atoms with Gasteiger partial charge in [-0.1, -0.05) is 41.7 Å². The summed E-state index contributed by atoms with van der Waals surface area (Å²) in [7, 11) is 0. The van der Waals surface area contributed by atoms with E-state index in [1.54, 1.807) is 22.9 Å². The molecule has 0 aliphatic carbocycles. The van der Waals surface area contributed by atoms with Crippen molar-refractivity contribution in [2.24, 2.45) is 0 Å². The molecule has 1 amide bonds. The highest BCUT2D eigenvalue weighted by molar-refractivity contribution is 7.16. The maximum Gasteiger partial charge on any atom is 0.250 e. The van der Waals surface area contributed by atoms with Gasteiger partial charge in [0.05, 0.1) is 0 Å². The minimum atomic E-state index is -0.207. The lowest BCUT2D eigenvalue weighted by Gasteiger charge is -1.94. The average Bonchev–Trinajstić information content (AvgIpc) is 3.17. The molecular weight excluding hydrogens is 302 g/mol. The predicted octanol–water partition coefficient (Wildman–Crippen LogP) is 3.92. The topological polar surface area (TPSA) is 54.9 Å². The molecule has 0 saturated heterocycles. The molecule has 0 atom stereocenters. The van der Waals surface area contributed by atoms with Crippen LogP contribution in [0.2, 0.25) is 0 Å². The zero-order valence-electron chi connectivity index (χ0n) is 10.9. The predicted molar refractivity (Wildman–Crippen MR) is 87.3 cm³/mol. The van der Waals surface area contributed by atoms with E-state index in [2.05, 4.69) is 33.7 Å². The second-order valence-corrected chi connectivity index (χ2v) is 6.08. The number of amides is 1. The van der Waals surface area contributed by atoms with Gasteiger partial charge in [-0.2, -0.15) is 0 Å². The number of hydrogen-bond acceptors (Lipinski definition) is 5. The summed E-state index contributed by atoms with van der Waals surface area (Å²) in [6.45, 7) is 0. The zero-order chi connectivity index (χ0) is 14.5. The number of nitrogens with zero attached hydrogens (tertiary/aromatic N) is 2. The molecule has 3 rings (SSSR count). The smallest absolute Gasteiger partial charge is 0.250 e. The molecule has 104 valence electrons. The molecule has 0 radical (unpaired) electrons. The molecule has 21 heavy (non-hydrogen) atoms. The van der Waals surface area contributed by atoms with Crippen molar-refractivity contribution in [2.45, 2.75) is 0 Å². The molecule has 2 aromatic heterocycles. The summed E-state index contributed by atoms with van der Waals surface area (Å²) >= 11 is 2.93. The Bertz CT molecular complexity index is 748. The van der Waals surface area contributed by atoms with Gasteiger partial charge in [-0.3, -0.25) is 10.1 Å². The minimum Gasteiger partial charge on any atom is -0.297 e. The number of anilines is 1. The first-order valence-corrected chi connectivity index (χ1v) is 7.91. The van der Waals surface area contributed by atoms with Gasteiger partial charge in [-0.05, 0) is 23.8 Å². The fraction of sp³-hybridized carbons (Fsp3) is 0. The van der Waals surface area contributed by atoms with E-state index < -0.39 is 0 Å². The van der Waals surface area contributed by atoms with Crippen LogP contribution in [0.4, 0.5) is 5.13 Å². The summed E-state index contributed by atoms with van der Waals surface area (Å²) in [6, 6.07) is 14.2. The van der Waals surface area contributed by atoms with Crippen LogP contribution < -0.4 is 5.32 Å². The van der Waals surface area contributed by atoms with Gasteiger partial charge in [0, 0.05) is 15.8 Å². The van der Waals surface area contributed by atoms with Crippen molar-refractivity contribution in [1.29, 1.82) is 0 Å². The van der Waals surface area contributed by atoms with Gasteiger partial charge in [0.2, 0.25) is 11.0 Å². The molecular formula is C15H11N3OS2. The number of hydrogen-bond donors (Lipinski definition) is 1. The number of benzene rings is 1. The van der Waals surface area contributed by atoms with E-state index in [1.165, 1.54) is 27.9 Å². The fourth-order valence-corrected chi connectivity index (χ4v) is 3.10. The van der Waals surface area contributed by atoms with Crippen LogP contribution in [0.3, 0.4) is 0 Å². The van der Waals surface area contributed by atoms with E-state index in [-0.39, 0.29) is 5.91 Å². The lowest BCUT2D eigenvalue weighted by molar-refractivity contribution is -0.111. The van der Waals surface area contributed by atoms with E-state index in [9.17, 15) is 4.79 Å². The first-order valence-electron chi connectivity index (χ1n) is 6.22. The van der Waals surface area contributed by atoms with Crippen molar-refractivity contribution in [3.63, 3.8) is 0 Å². The standard InChI is InChI=1S/C15H11N3OS2/c19-14(17-15-18-16-10-20-15)9-7-12-6-8-13(21-12)11-4-2-1-3-5-11/h1-10H,(H,17,18,19)/b9-7+. The highest BCUT2D eigenvalue weighted by atomic mass is 32.1. The fourth-order valence-electron chi connectivity index (χ4n) is 1.73. The van der Waals surface area contributed by atoms with Crippen LogP contribution in [-0.2, 0) is 4.79 Å². The highest BCUT2D eigenvalue weighted by Crippen LogP contribution is 2.28. The first kappa shape index (κ1) is 13.7. The van der Waals surface area contributed by atoms with Gasteiger partial charge in [-0.25, -0.2) is 0 Å². The summed E-state index contributed by atoms with van der Waals surface area (Å²) in [4.78, 5) is 13.9. The molecule has 0 unspecified atom stereocenters. The molecule has 0 aliphatic rings. The second-order valence-electron chi connectivity index (χ2n) is 4.13. The van der Waals surface area contributed by atoms with Crippen LogP contribution in [-0.4, -0.2) is 16.1 Å². The van der Waals surface area contributed by atoms with Gasteiger partial charge in [0.25, 0.3) is 0 Å². The Morgan fingerprint density at radius 2 is 2.00 bits per heavy atom. The SMILES string of the molecule is O=C(/C=C/c1ccc(-c2ccccc2)s1)Nc1nncs1. The van der Waals surface area contributed by atoms with E-state index in [0.29, 0.717) is 5.13 Å². The van der Waals surface area contributed by atoms with Gasteiger partial charge in [-0.15, -0.1) is 21.5 Å². The molecule has 2 heterocycles. The Balaban J connectivity index is 1.67. The number of rotatable bonds is 4. The largest absolute Gasteiger partial charge is 0.297 e. The van der Waals surface area contributed by atoms with Crippen molar-refractivity contribution in [2.75, 3.05) is 5.32 Å². The summed E-state index contributed by atoms with van der Waals surface area (Å²) in [5, 5.41) is 10.6. The third-order valence-corrected chi connectivity index (χ3v) is 4.38. The van der Waals surface area contributed by atoms with Crippen molar-refractivity contribution in [1.82, 2.24) is 10.2 Å². The normalized spacial score (nSPS) is 10.9. The van der Waals surface area contributed by atoms with Gasteiger partial charge < -0.3 is 0 Å². The van der Waals surface area contributed by atoms with E-state index >= 15 is 0 Å². The molecule has 3 aromatic rings. The number of aromatic nitrogens is 2. The van der Waals surface area contributed by atoms with Crippen molar-refractivity contribution in [3.05, 3.63) is 58.9 Å². The zero-order valence-corrected chi connectivity index (χ0v) is 12.5. The molecule has 0 bridgehead atoms. The molecule has 1 aromatic carbocycles. The lowest BCUT2D eigenvalue weighted by atomic mass is 10.2. The number of carbonyl (C=O) groups is 1. The molecule has 0 saturated carbocycles. The number of carbonyl (C=O) groups excluding carboxylic acids is 1. The van der Waals surface area contributed by atoms with Crippen LogP contribution >= 0.6 is 22.7 Å². The quantitative estimate of drug-likeness (QED) is 0.743.